The monoisotopic (exact) mass is 554 g/mol. The van der Waals surface area contributed by atoms with Gasteiger partial charge in [-0.15, -0.1) is 0 Å². The van der Waals surface area contributed by atoms with Gasteiger partial charge in [-0.25, -0.2) is 8.42 Å². The van der Waals surface area contributed by atoms with Crippen LogP contribution < -0.4 is 29.6 Å². The molecule has 4 rings (SSSR count). The fraction of sp³-hybridized carbons (Fsp3) is 1.00. The zero-order valence-corrected chi connectivity index (χ0v) is 26.3. The van der Waals surface area contributed by atoms with Gasteiger partial charge in [-0.1, -0.05) is 34.6 Å². The normalized spacial score (nSPS) is 47.4. The largest absolute Gasteiger partial charge is 1.00 e. The minimum absolute atomic E-state index is 0. The van der Waals surface area contributed by atoms with Crippen LogP contribution in [0, 0.1) is 46.3 Å². The predicted molar refractivity (Wildman–Crippen MR) is 133 cm³/mol. The topological polar surface area (TPSA) is 147 Å². The molecule has 0 bridgehead atoms. The van der Waals surface area contributed by atoms with Gasteiger partial charge < -0.3 is 25.0 Å². The van der Waals surface area contributed by atoms with Crippen LogP contribution in [0.4, 0.5) is 0 Å². The Morgan fingerprint density at radius 1 is 1.05 bits per heavy atom. The van der Waals surface area contributed by atoms with Crippen molar-refractivity contribution in [3.63, 3.8) is 0 Å². The van der Waals surface area contributed by atoms with Gasteiger partial charge in [-0.05, 0) is 92.3 Å². The second-order valence-corrected chi connectivity index (χ2v) is 14.6. The number of hydrogen-bond acceptors (Lipinski definition) is 8. The van der Waals surface area contributed by atoms with E-state index < -0.39 is 45.8 Å². The standard InChI is InChI=1S/C27H48O8S.Na/c1-15(2)21(29)7-6-16(3)20-13-22(35-36(32,33)34)24-18-12-23(30)27(31)14-17(28)8-11-26(27,5)19(18)9-10-25(20,24)4;/h15-24,28-31H,6-14H2,1-5H3,(H,32,33,34);/q;+1/p-1/t16-,17+,18-,19+,20-,21+,22+,23-,24-,25-,26-,27+;/m1./s1. The SMILES string of the molecule is CC(C)[C@@H](O)CC[C@@H](C)[C@H]1C[C@H](OS(=O)(=O)[O-])[C@H]2[C@@H]3C[C@@H](O)[C@@]4(O)C[C@@H](O)CC[C@]4(C)[C@H]3CC[C@@]21C.[Na+]. The molecule has 0 aliphatic heterocycles. The summed E-state index contributed by atoms with van der Waals surface area (Å²) in [5.41, 5.74) is -2.28. The Labute approximate surface area is 245 Å². The number of rotatable bonds is 7. The van der Waals surface area contributed by atoms with Crippen molar-refractivity contribution >= 4 is 10.4 Å². The quantitative estimate of drug-likeness (QED) is 0.195. The Balaban J connectivity index is 0.00000380. The molecule has 210 valence electrons. The number of aliphatic hydroxyl groups excluding tert-OH is 3. The first-order valence-electron chi connectivity index (χ1n) is 13.9. The summed E-state index contributed by atoms with van der Waals surface area (Å²) in [6.07, 6.45) is 2.34. The molecule has 0 amide bonds. The van der Waals surface area contributed by atoms with Crippen LogP contribution in [0.5, 0.6) is 0 Å². The summed E-state index contributed by atoms with van der Waals surface area (Å²) in [6, 6.07) is 0. The summed E-state index contributed by atoms with van der Waals surface area (Å²) in [5.74, 6) is 0.201. The van der Waals surface area contributed by atoms with Crippen LogP contribution in [0.15, 0.2) is 0 Å². The van der Waals surface area contributed by atoms with Crippen LogP contribution in [0.2, 0.25) is 0 Å². The summed E-state index contributed by atoms with van der Waals surface area (Å²) in [7, 11) is -4.92. The maximum atomic E-state index is 11.8. The van der Waals surface area contributed by atoms with Gasteiger partial charge in [0.1, 0.15) is 0 Å². The summed E-state index contributed by atoms with van der Waals surface area (Å²) >= 11 is 0. The predicted octanol–water partition coefficient (Wildman–Crippen LogP) is -0.0156. The smallest absolute Gasteiger partial charge is 0.726 e. The molecule has 0 heterocycles. The van der Waals surface area contributed by atoms with E-state index in [0.29, 0.717) is 32.1 Å². The minimum atomic E-state index is -4.92. The van der Waals surface area contributed by atoms with E-state index in [-0.39, 0.29) is 76.9 Å². The molecule has 12 atom stereocenters. The molecule has 37 heavy (non-hydrogen) atoms. The third-order valence-electron chi connectivity index (χ3n) is 11.5. The van der Waals surface area contributed by atoms with Crippen LogP contribution in [0.25, 0.3) is 0 Å². The van der Waals surface area contributed by atoms with Gasteiger partial charge >= 0.3 is 29.6 Å². The molecule has 4 aliphatic carbocycles. The Hall–Kier alpha value is 0.710. The van der Waals surface area contributed by atoms with Crippen molar-refractivity contribution in [2.75, 3.05) is 0 Å². The van der Waals surface area contributed by atoms with Gasteiger partial charge in [0.2, 0.25) is 10.4 Å². The zero-order chi connectivity index (χ0) is 26.8. The Morgan fingerprint density at radius 3 is 2.30 bits per heavy atom. The summed E-state index contributed by atoms with van der Waals surface area (Å²) in [4.78, 5) is 0. The molecule has 0 aromatic heterocycles. The fourth-order valence-corrected chi connectivity index (χ4v) is 9.94. The van der Waals surface area contributed by atoms with E-state index in [2.05, 4.69) is 13.8 Å². The molecule has 0 radical (unpaired) electrons. The van der Waals surface area contributed by atoms with E-state index in [1.165, 1.54) is 0 Å². The van der Waals surface area contributed by atoms with Gasteiger partial charge in [-0.3, -0.25) is 4.18 Å². The third kappa shape index (κ3) is 5.62. The van der Waals surface area contributed by atoms with Gasteiger partial charge in [0.05, 0.1) is 30.0 Å². The van der Waals surface area contributed by atoms with Crippen molar-refractivity contribution in [2.45, 2.75) is 122 Å². The average molecular weight is 555 g/mol. The third-order valence-corrected chi connectivity index (χ3v) is 12.0. The second kappa shape index (κ2) is 11.2. The molecule has 0 aromatic rings. The number of aliphatic hydroxyl groups is 4. The van der Waals surface area contributed by atoms with Crippen LogP contribution in [0.3, 0.4) is 0 Å². The van der Waals surface area contributed by atoms with E-state index in [1.807, 2.05) is 20.8 Å². The molecule has 10 heteroatoms. The molecule has 4 saturated carbocycles. The van der Waals surface area contributed by atoms with Crippen molar-refractivity contribution in [3.8, 4) is 0 Å². The van der Waals surface area contributed by atoms with Crippen LogP contribution in [-0.4, -0.2) is 63.4 Å². The van der Waals surface area contributed by atoms with E-state index in [4.69, 9.17) is 4.18 Å². The number of hydrogen-bond donors (Lipinski definition) is 4. The van der Waals surface area contributed by atoms with E-state index in [0.717, 1.165) is 19.3 Å². The van der Waals surface area contributed by atoms with Gasteiger partial charge in [0.15, 0.2) is 0 Å². The van der Waals surface area contributed by atoms with Gasteiger partial charge in [0, 0.05) is 11.8 Å². The van der Waals surface area contributed by atoms with Crippen molar-refractivity contribution in [1.29, 1.82) is 0 Å². The fourth-order valence-electron chi connectivity index (χ4n) is 9.44. The summed E-state index contributed by atoms with van der Waals surface area (Å²) in [6.45, 7) is 10.3. The molecule has 4 N–H and O–H groups in total. The molecule has 0 saturated heterocycles. The van der Waals surface area contributed by atoms with E-state index >= 15 is 0 Å². The first kappa shape index (κ1) is 32.2. The van der Waals surface area contributed by atoms with Gasteiger partial charge in [0.25, 0.3) is 0 Å². The minimum Gasteiger partial charge on any atom is -0.726 e. The van der Waals surface area contributed by atoms with Crippen LogP contribution in [0.1, 0.15) is 92.4 Å². The molecular formula is C27H47NaO8S. The number of fused-ring (bicyclic) bond motifs is 5. The second-order valence-electron chi connectivity index (χ2n) is 13.6. The molecule has 0 unspecified atom stereocenters. The average Bonchev–Trinajstić information content (AvgIpc) is 3.05. The Bertz CT molecular complexity index is 916. The molecule has 8 nitrogen and oxygen atoms in total. The first-order valence-corrected chi connectivity index (χ1v) is 15.3. The zero-order valence-electron chi connectivity index (χ0n) is 23.5. The molecule has 4 fully saturated rings. The molecule has 0 aromatic carbocycles. The van der Waals surface area contributed by atoms with Crippen LogP contribution in [-0.2, 0) is 14.6 Å². The van der Waals surface area contributed by atoms with Crippen LogP contribution >= 0.6 is 0 Å². The van der Waals surface area contributed by atoms with Crippen molar-refractivity contribution < 1.29 is 67.1 Å². The molecule has 4 aliphatic rings. The summed E-state index contributed by atoms with van der Waals surface area (Å²) < 4.78 is 40.7. The maximum Gasteiger partial charge on any atom is 1.00 e. The van der Waals surface area contributed by atoms with Crippen molar-refractivity contribution in [2.24, 2.45) is 46.3 Å². The molecular weight excluding hydrogens is 507 g/mol. The van der Waals surface area contributed by atoms with Gasteiger partial charge in [-0.2, -0.15) is 0 Å². The van der Waals surface area contributed by atoms with Crippen molar-refractivity contribution in [3.05, 3.63) is 0 Å². The maximum absolute atomic E-state index is 11.8. The first-order chi connectivity index (χ1) is 16.5. The van der Waals surface area contributed by atoms with E-state index in [1.54, 1.807) is 0 Å². The summed E-state index contributed by atoms with van der Waals surface area (Å²) in [5, 5.41) is 43.6. The Morgan fingerprint density at radius 2 is 1.70 bits per heavy atom. The molecule has 0 spiro atoms. The Kier molecular flexibility index (Phi) is 9.74. The van der Waals surface area contributed by atoms with E-state index in [9.17, 15) is 33.4 Å². The van der Waals surface area contributed by atoms with Crippen molar-refractivity contribution in [1.82, 2.24) is 0 Å².